The fraction of sp³-hybridized carbons (Fsp3) is 0.389. The van der Waals surface area contributed by atoms with Gasteiger partial charge in [0.2, 0.25) is 0 Å². The third-order valence-corrected chi connectivity index (χ3v) is 5.78. The normalized spacial score (nSPS) is 11.4. The minimum atomic E-state index is -0.139. The van der Waals surface area contributed by atoms with E-state index in [1.165, 1.54) is 22.2 Å². The summed E-state index contributed by atoms with van der Waals surface area (Å²) in [5.74, 6) is -0.0596. The molecule has 0 bridgehead atoms. The summed E-state index contributed by atoms with van der Waals surface area (Å²) < 4.78 is 3.52. The first-order chi connectivity index (χ1) is 11.3. The van der Waals surface area contributed by atoms with Crippen LogP contribution in [0.5, 0.6) is 0 Å². The molecular weight excluding hydrogens is 322 g/mol. The molecule has 3 aromatic heterocycles. The van der Waals surface area contributed by atoms with E-state index in [9.17, 15) is 9.59 Å². The number of thiophene rings is 1. The van der Waals surface area contributed by atoms with Gasteiger partial charge in [-0.15, -0.1) is 11.3 Å². The lowest BCUT2D eigenvalue weighted by Crippen LogP contribution is -2.24. The van der Waals surface area contributed by atoms with E-state index in [0.717, 1.165) is 33.2 Å². The molecule has 0 aliphatic carbocycles. The fourth-order valence-corrected chi connectivity index (χ4v) is 4.18. The van der Waals surface area contributed by atoms with E-state index in [-0.39, 0.29) is 17.9 Å². The first-order valence-electron chi connectivity index (χ1n) is 8.00. The quantitative estimate of drug-likeness (QED) is 0.682. The van der Waals surface area contributed by atoms with Crippen molar-refractivity contribution in [1.29, 1.82) is 0 Å². The summed E-state index contributed by atoms with van der Waals surface area (Å²) in [5, 5.41) is 0.631. The summed E-state index contributed by atoms with van der Waals surface area (Å²) in [4.78, 5) is 31.6. The summed E-state index contributed by atoms with van der Waals surface area (Å²) in [6.07, 6.45) is 1.48. The molecule has 0 atom stereocenters. The first kappa shape index (κ1) is 16.6. The molecule has 0 aromatic carbocycles. The number of nitrogens with zero attached hydrogens (tertiary/aromatic N) is 3. The highest BCUT2D eigenvalue weighted by Crippen LogP contribution is 2.25. The lowest BCUT2D eigenvalue weighted by Gasteiger charge is -2.07. The number of carbonyl (C=O) groups is 1. The summed E-state index contributed by atoms with van der Waals surface area (Å²) in [5.41, 5.74) is 3.51. The van der Waals surface area contributed by atoms with Gasteiger partial charge in [0.05, 0.1) is 18.3 Å². The number of aromatic nitrogens is 3. The molecule has 3 aromatic rings. The molecule has 0 saturated heterocycles. The Morgan fingerprint density at radius 3 is 2.58 bits per heavy atom. The highest BCUT2D eigenvalue weighted by Gasteiger charge is 2.18. The third kappa shape index (κ3) is 2.51. The number of hydrogen-bond donors (Lipinski definition) is 0. The highest BCUT2D eigenvalue weighted by atomic mass is 32.1. The number of carbonyl (C=O) groups excluding carboxylic acids is 1. The van der Waals surface area contributed by atoms with Gasteiger partial charge in [0, 0.05) is 28.4 Å². The number of Topliss-reactive ketones (excluding diaryl/α,β-unsaturated/α-hetero) is 1. The van der Waals surface area contributed by atoms with Gasteiger partial charge in [0.25, 0.3) is 5.56 Å². The second-order valence-corrected chi connectivity index (χ2v) is 7.30. The number of ketones is 1. The Labute approximate surface area is 144 Å². The van der Waals surface area contributed by atoms with Crippen LogP contribution in [0.15, 0.2) is 17.2 Å². The van der Waals surface area contributed by atoms with Crippen LogP contribution in [0.2, 0.25) is 0 Å². The second kappa shape index (κ2) is 6.02. The minimum Gasteiger partial charge on any atom is -0.349 e. The molecule has 0 spiro atoms. The molecule has 3 heterocycles. The zero-order valence-corrected chi connectivity index (χ0v) is 15.5. The van der Waals surface area contributed by atoms with E-state index in [0.29, 0.717) is 10.9 Å². The molecule has 0 N–H and O–H groups in total. The summed E-state index contributed by atoms with van der Waals surface area (Å²) >= 11 is 1.51. The SMILES string of the molecule is CCn1c(C)cc(C(=O)Cn2cnc3sc(C)c(C)c3c2=O)c1C. The standard InChI is InChI=1S/C18H21N3O2S/c1-6-21-10(2)7-14(12(21)4)15(22)8-20-9-19-17-16(18(20)23)11(3)13(5)24-17/h7,9H,6,8H2,1-5H3. The van der Waals surface area contributed by atoms with Crippen LogP contribution < -0.4 is 5.56 Å². The maximum Gasteiger partial charge on any atom is 0.262 e. The van der Waals surface area contributed by atoms with Crippen LogP contribution in [0.25, 0.3) is 10.2 Å². The zero-order chi connectivity index (χ0) is 17.6. The van der Waals surface area contributed by atoms with E-state index in [1.54, 1.807) is 0 Å². The average Bonchev–Trinajstić information content (AvgIpc) is 2.99. The molecule has 3 rings (SSSR count). The molecule has 24 heavy (non-hydrogen) atoms. The lowest BCUT2D eigenvalue weighted by atomic mass is 10.1. The molecule has 0 fully saturated rings. The van der Waals surface area contributed by atoms with E-state index < -0.39 is 0 Å². The van der Waals surface area contributed by atoms with Crippen LogP contribution >= 0.6 is 11.3 Å². The molecule has 6 heteroatoms. The van der Waals surface area contributed by atoms with Gasteiger partial charge in [0.15, 0.2) is 5.78 Å². The van der Waals surface area contributed by atoms with E-state index >= 15 is 0 Å². The van der Waals surface area contributed by atoms with Gasteiger partial charge < -0.3 is 4.57 Å². The number of aryl methyl sites for hydroxylation is 3. The van der Waals surface area contributed by atoms with Gasteiger partial charge in [-0.25, -0.2) is 4.98 Å². The smallest absolute Gasteiger partial charge is 0.262 e. The predicted molar refractivity (Wildman–Crippen MR) is 97.3 cm³/mol. The molecule has 0 radical (unpaired) electrons. The van der Waals surface area contributed by atoms with E-state index in [4.69, 9.17) is 0 Å². The van der Waals surface area contributed by atoms with Gasteiger partial charge >= 0.3 is 0 Å². The largest absolute Gasteiger partial charge is 0.349 e. The minimum absolute atomic E-state index is 0.0180. The van der Waals surface area contributed by atoms with Crippen molar-refractivity contribution in [1.82, 2.24) is 14.1 Å². The molecule has 0 amide bonds. The Morgan fingerprint density at radius 1 is 1.25 bits per heavy atom. The van der Waals surface area contributed by atoms with Crippen molar-refractivity contribution in [2.75, 3.05) is 0 Å². The van der Waals surface area contributed by atoms with Crippen molar-refractivity contribution in [3.05, 3.63) is 50.1 Å². The first-order valence-corrected chi connectivity index (χ1v) is 8.81. The van der Waals surface area contributed by atoms with Crippen molar-refractivity contribution in [3.8, 4) is 0 Å². The van der Waals surface area contributed by atoms with Crippen LogP contribution in [0, 0.1) is 27.7 Å². The van der Waals surface area contributed by atoms with Crippen LogP contribution in [0.3, 0.4) is 0 Å². The predicted octanol–water partition coefficient (Wildman–Crippen LogP) is 3.40. The van der Waals surface area contributed by atoms with E-state index in [1.807, 2.05) is 33.8 Å². The van der Waals surface area contributed by atoms with Crippen LogP contribution in [0.1, 0.15) is 39.1 Å². The topological polar surface area (TPSA) is 56.9 Å². The van der Waals surface area contributed by atoms with Crippen LogP contribution in [-0.4, -0.2) is 19.9 Å². The molecule has 0 unspecified atom stereocenters. The van der Waals surface area contributed by atoms with Gasteiger partial charge in [-0.05, 0) is 46.2 Å². The Kier molecular flexibility index (Phi) is 4.17. The highest BCUT2D eigenvalue weighted by molar-refractivity contribution is 7.18. The number of fused-ring (bicyclic) bond motifs is 1. The van der Waals surface area contributed by atoms with Crippen molar-refractivity contribution in [3.63, 3.8) is 0 Å². The Hall–Kier alpha value is -2.21. The maximum absolute atomic E-state index is 12.7. The van der Waals surface area contributed by atoms with Crippen molar-refractivity contribution < 1.29 is 4.79 Å². The van der Waals surface area contributed by atoms with Crippen molar-refractivity contribution >= 4 is 27.3 Å². The van der Waals surface area contributed by atoms with Gasteiger partial charge in [-0.1, -0.05) is 0 Å². The molecule has 126 valence electrons. The van der Waals surface area contributed by atoms with Crippen molar-refractivity contribution in [2.24, 2.45) is 0 Å². The summed E-state index contributed by atoms with van der Waals surface area (Å²) in [6.45, 7) is 10.7. The maximum atomic E-state index is 12.7. The van der Waals surface area contributed by atoms with Crippen molar-refractivity contribution in [2.45, 2.75) is 47.7 Å². The second-order valence-electron chi connectivity index (χ2n) is 6.09. The van der Waals surface area contributed by atoms with Crippen LogP contribution in [0.4, 0.5) is 0 Å². The number of rotatable bonds is 4. The Morgan fingerprint density at radius 2 is 1.96 bits per heavy atom. The lowest BCUT2D eigenvalue weighted by molar-refractivity contribution is 0.0970. The van der Waals surface area contributed by atoms with E-state index in [2.05, 4.69) is 16.5 Å². The fourth-order valence-electron chi connectivity index (χ4n) is 3.19. The summed E-state index contributed by atoms with van der Waals surface area (Å²) in [6, 6.07) is 1.90. The van der Waals surface area contributed by atoms with Crippen LogP contribution in [-0.2, 0) is 13.1 Å². The molecule has 0 aliphatic rings. The Balaban J connectivity index is 2.01. The molecule has 5 nitrogen and oxygen atoms in total. The Bertz CT molecular complexity index is 1010. The zero-order valence-electron chi connectivity index (χ0n) is 14.6. The summed E-state index contributed by atoms with van der Waals surface area (Å²) in [7, 11) is 0. The third-order valence-electron chi connectivity index (χ3n) is 4.66. The monoisotopic (exact) mass is 343 g/mol. The molecule has 0 saturated carbocycles. The number of hydrogen-bond acceptors (Lipinski definition) is 4. The average molecular weight is 343 g/mol. The molecule has 0 aliphatic heterocycles. The van der Waals surface area contributed by atoms with Gasteiger partial charge in [0.1, 0.15) is 4.83 Å². The van der Waals surface area contributed by atoms with Gasteiger partial charge in [-0.2, -0.15) is 0 Å². The van der Waals surface area contributed by atoms with Gasteiger partial charge in [-0.3, -0.25) is 14.2 Å². The molecular formula is C18H21N3O2S.